The van der Waals surface area contributed by atoms with Gasteiger partial charge in [0.15, 0.2) is 0 Å². The molecule has 1 fully saturated rings. The van der Waals surface area contributed by atoms with Crippen LogP contribution in [0.2, 0.25) is 0 Å². The molecule has 0 saturated carbocycles. The quantitative estimate of drug-likeness (QED) is 0.849. The molecule has 2 aromatic rings. The van der Waals surface area contributed by atoms with E-state index >= 15 is 0 Å². The third kappa shape index (κ3) is 2.44. The van der Waals surface area contributed by atoms with Gasteiger partial charge in [0.1, 0.15) is 0 Å². The molecule has 1 aromatic heterocycles. The van der Waals surface area contributed by atoms with Crippen molar-refractivity contribution in [2.45, 2.75) is 19.8 Å². The minimum Gasteiger partial charge on any atom is -0.379 e. The molecule has 4 rings (SSSR count). The Labute approximate surface area is 142 Å². The lowest BCUT2D eigenvalue weighted by atomic mass is 9.87. The van der Waals surface area contributed by atoms with Crippen molar-refractivity contribution in [3.8, 4) is 11.3 Å². The van der Waals surface area contributed by atoms with Crippen LogP contribution in [0.4, 0.5) is 0 Å². The van der Waals surface area contributed by atoms with E-state index in [2.05, 4.69) is 24.3 Å². The maximum Gasteiger partial charge on any atom is 0.233 e. The number of aromatic nitrogens is 2. The highest BCUT2D eigenvalue weighted by Crippen LogP contribution is 2.32. The van der Waals surface area contributed by atoms with Gasteiger partial charge < -0.3 is 9.64 Å². The number of carbonyl (C=O) groups excluding carboxylic acids is 1. The molecule has 3 heterocycles. The van der Waals surface area contributed by atoms with Gasteiger partial charge in [-0.25, -0.2) is 0 Å². The molecular weight excluding hydrogens is 302 g/mol. The van der Waals surface area contributed by atoms with Crippen LogP contribution in [0.3, 0.4) is 0 Å². The molecule has 0 unspecified atom stereocenters. The molecule has 0 radical (unpaired) electrons. The van der Waals surface area contributed by atoms with E-state index in [1.165, 1.54) is 16.8 Å². The molecule has 0 bridgehead atoms. The number of rotatable bonds is 2. The van der Waals surface area contributed by atoms with Crippen molar-refractivity contribution in [3.05, 3.63) is 41.6 Å². The minimum absolute atomic E-state index is 0.226. The van der Waals surface area contributed by atoms with Crippen molar-refractivity contribution in [2.75, 3.05) is 26.3 Å². The van der Waals surface area contributed by atoms with E-state index in [1.807, 2.05) is 29.6 Å². The fourth-order valence-electron chi connectivity index (χ4n) is 3.76. The van der Waals surface area contributed by atoms with Gasteiger partial charge in [0.25, 0.3) is 0 Å². The first kappa shape index (κ1) is 15.4. The lowest BCUT2D eigenvalue weighted by Gasteiger charge is -2.40. The zero-order valence-electron chi connectivity index (χ0n) is 14.3. The van der Waals surface area contributed by atoms with E-state index in [4.69, 9.17) is 9.84 Å². The van der Waals surface area contributed by atoms with Crippen molar-refractivity contribution >= 4 is 5.91 Å². The third-order valence-corrected chi connectivity index (χ3v) is 5.17. The summed E-state index contributed by atoms with van der Waals surface area (Å²) in [5.74, 6) is 0.226. The van der Waals surface area contributed by atoms with Gasteiger partial charge in [-0.3, -0.25) is 9.48 Å². The van der Waals surface area contributed by atoms with Crippen molar-refractivity contribution in [1.82, 2.24) is 14.7 Å². The van der Waals surface area contributed by atoms with Gasteiger partial charge in [0, 0.05) is 37.7 Å². The minimum atomic E-state index is -0.325. The molecule has 2 aliphatic heterocycles. The van der Waals surface area contributed by atoms with Crippen LogP contribution in [0.1, 0.15) is 18.2 Å². The number of ether oxygens (including phenoxy) is 1. The number of hydrogen-bond donors (Lipinski definition) is 0. The van der Waals surface area contributed by atoms with Gasteiger partial charge in [-0.15, -0.1) is 0 Å². The van der Waals surface area contributed by atoms with Gasteiger partial charge in [-0.2, -0.15) is 5.10 Å². The smallest absolute Gasteiger partial charge is 0.233 e. The number of fused-ring (bicyclic) bond motifs is 1. The topological polar surface area (TPSA) is 47.4 Å². The SMILES string of the molecule is Cn1nc2c(c1-c1ccccc1)CCN(C(=O)C1(C)COC1)CC2. The Kier molecular flexibility index (Phi) is 3.68. The average Bonchev–Trinajstić information content (AvgIpc) is 2.74. The molecule has 0 atom stereocenters. The molecule has 0 spiro atoms. The number of carbonyl (C=O) groups is 1. The van der Waals surface area contributed by atoms with Gasteiger partial charge in [0.05, 0.1) is 30.0 Å². The van der Waals surface area contributed by atoms with Crippen molar-refractivity contribution < 1.29 is 9.53 Å². The average molecular weight is 325 g/mol. The third-order valence-electron chi connectivity index (χ3n) is 5.17. The van der Waals surface area contributed by atoms with Crippen LogP contribution < -0.4 is 0 Å². The standard InChI is InChI=1S/C19H23N3O2/c1-19(12-24-13-19)18(23)22-10-8-15-16(9-11-22)20-21(2)17(15)14-6-4-3-5-7-14/h3-7H,8-13H2,1-2H3. The summed E-state index contributed by atoms with van der Waals surface area (Å²) in [4.78, 5) is 14.8. The Morgan fingerprint density at radius 3 is 2.54 bits per heavy atom. The Morgan fingerprint density at radius 2 is 1.88 bits per heavy atom. The second-order valence-electron chi connectivity index (χ2n) is 7.11. The van der Waals surface area contributed by atoms with E-state index in [0.29, 0.717) is 13.2 Å². The van der Waals surface area contributed by atoms with Crippen LogP contribution in [-0.4, -0.2) is 46.9 Å². The van der Waals surface area contributed by atoms with E-state index in [0.717, 1.165) is 31.6 Å². The zero-order chi connectivity index (χ0) is 16.7. The first-order valence-electron chi connectivity index (χ1n) is 8.56. The highest BCUT2D eigenvalue weighted by molar-refractivity contribution is 5.83. The summed E-state index contributed by atoms with van der Waals surface area (Å²) in [5, 5.41) is 4.73. The Balaban J connectivity index is 1.60. The second-order valence-corrected chi connectivity index (χ2v) is 7.11. The Hall–Kier alpha value is -2.14. The van der Waals surface area contributed by atoms with Gasteiger partial charge >= 0.3 is 0 Å². The van der Waals surface area contributed by atoms with Crippen LogP contribution in [0.5, 0.6) is 0 Å². The summed E-state index contributed by atoms with van der Waals surface area (Å²) in [6.45, 7) is 4.60. The Bertz CT molecular complexity index is 762. The molecule has 0 aliphatic carbocycles. The lowest BCUT2D eigenvalue weighted by Crippen LogP contribution is -2.53. The first-order valence-corrected chi connectivity index (χ1v) is 8.56. The predicted octanol–water partition coefficient (Wildman–Crippen LogP) is 2.05. The monoisotopic (exact) mass is 325 g/mol. The molecule has 2 aliphatic rings. The highest BCUT2D eigenvalue weighted by Gasteiger charge is 2.43. The van der Waals surface area contributed by atoms with Crippen LogP contribution in [-0.2, 0) is 29.4 Å². The number of amides is 1. The summed E-state index contributed by atoms with van der Waals surface area (Å²) in [6.07, 6.45) is 1.68. The summed E-state index contributed by atoms with van der Waals surface area (Å²) >= 11 is 0. The lowest BCUT2D eigenvalue weighted by molar-refractivity contribution is -0.168. The number of benzene rings is 1. The predicted molar refractivity (Wildman–Crippen MR) is 91.6 cm³/mol. The normalized spacial score (nSPS) is 19.3. The molecule has 24 heavy (non-hydrogen) atoms. The maximum absolute atomic E-state index is 12.8. The Morgan fingerprint density at radius 1 is 1.17 bits per heavy atom. The molecule has 5 nitrogen and oxygen atoms in total. The molecule has 1 aromatic carbocycles. The highest BCUT2D eigenvalue weighted by atomic mass is 16.5. The summed E-state index contributed by atoms with van der Waals surface area (Å²) < 4.78 is 7.24. The summed E-state index contributed by atoms with van der Waals surface area (Å²) in [5.41, 5.74) is 4.45. The second kappa shape index (κ2) is 5.74. The molecule has 5 heteroatoms. The zero-order valence-corrected chi connectivity index (χ0v) is 14.3. The summed E-state index contributed by atoms with van der Waals surface area (Å²) in [7, 11) is 2.01. The molecular formula is C19H23N3O2. The van der Waals surface area contributed by atoms with Crippen molar-refractivity contribution in [2.24, 2.45) is 12.5 Å². The fourth-order valence-corrected chi connectivity index (χ4v) is 3.76. The first-order chi connectivity index (χ1) is 11.6. The maximum atomic E-state index is 12.8. The van der Waals surface area contributed by atoms with E-state index in [9.17, 15) is 4.79 Å². The van der Waals surface area contributed by atoms with Gasteiger partial charge in [0.2, 0.25) is 5.91 Å². The largest absolute Gasteiger partial charge is 0.379 e. The molecule has 1 amide bonds. The number of hydrogen-bond acceptors (Lipinski definition) is 3. The van der Waals surface area contributed by atoms with Gasteiger partial charge in [-0.1, -0.05) is 30.3 Å². The van der Waals surface area contributed by atoms with Crippen molar-refractivity contribution in [3.63, 3.8) is 0 Å². The number of aryl methyl sites for hydroxylation is 1. The number of nitrogens with zero attached hydrogens (tertiary/aromatic N) is 3. The van der Waals surface area contributed by atoms with Crippen molar-refractivity contribution in [1.29, 1.82) is 0 Å². The molecule has 0 N–H and O–H groups in total. The van der Waals surface area contributed by atoms with Crippen LogP contribution in [0.15, 0.2) is 30.3 Å². The molecule has 1 saturated heterocycles. The van der Waals surface area contributed by atoms with E-state index in [-0.39, 0.29) is 11.3 Å². The summed E-state index contributed by atoms with van der Waals surface area (Å²) in [6, 6.07) is 10.4. The van der Waals surface area contributed by atoms with Crippen LogP contribution in [0.25, 0.3) is 11.3 Å². The van der Waals surface area contributed by atoms with Crippen LogP contribution >= 0.6 is 0 Å². The van der Waals surface area contributed by atoms with Crippen LogP contribution in [0, 0.1) is 5.41 Å². The van der Waals surface area contributed by atoms with E-state index < -0.39 is 0 Å². The molecule has 126 valence electrons. The van der Waals surface area contributed by atoms with Gasteiger partial charge in [-0.05, 0) is 13.3 Å². The fraction of sp³-hybridized carbons (Fsp3) is 0.474. The van der Waals surface area contributed by atoms with E-state index in [1.54, 1.807) is 0 Å².